The Balaban J connectivity index is 2.85. The SMILES string of the molecule is CCCn1ncc(NC(C)CN(C)C)c(Cl)c1=O. The number of anilines is 1. The van der Waals surface area contributed by atoms with E-state index < -0.39 is 0 Å². The summed E-state index contributed by atoms with van der Waals surface area (Å²) in [6.07, 6.45) is 2.47. The second-order valence-corrected chi connectivity index (χ2v) is 5.09. The largest absolute Gasteiger partial charge is 0.379 e. The molecule has 1 N–H and O–H groups in total. The van der Waals surface area contributed by atoms with Gasteiger partial charge in [0.05, 0.1) is 11.9 Å². The van der Waals surface area contributed by atoms with E-state index in [2.05, 4.69) is 15.3 Å². The highest BCUT2D eigenvalue weighted by Gasteiger charge is 2.11. The van der Waals surface area contributed by atoms with Crippen molar-refractivity contribution in [2.24, 2.45) is 0 Å². The van der Waals surface area contributed by atoms with E-state index in [0.29, 0.717) is 12.2 Å². The van der Waals surface area contributed by atoms with Gasteiger partial charge in [-0.15, -0.1) is 0 Å². The maximum atomic E-state index is 11.9. The van der Waals surface area contributed by atoms with E-state index in [-0.39, 0.29) is 16.6 Å². The Morgan fingerprint density at radius 2 is 2.22 bits per heavy atom. The number of aromatic nitrogens is 2. The first-order valence-corrected chi connectivity index (χ1v) is 6.50. The van der Waals surface area contributed by atoms with Crippen molar-refractivity contribution in [3.05, 3.63) is 21.6 Å². The molecule has 0 aromatic carbocycles. The molecular weight excluding hydrogens is 252 g/mol. The molecule has 1 aromatic rings. The lowest BCUT2D eigenvalue weighted by Crippen LogP contribution is -2.31. The van der Waals surface area contributed by atoms with Crippen LogP contribution in [0.15, 0.2) is 11.0 Å². The maximum absolute atomic E-state index is 11.9. The molecule has 0 fully saturated rings. The molecule has 0 saturated heterocycles. The molecule has 1 aromatic heterocycles. The zero-order valence-electron chi connectivity index (χ0n) is 11.4. The Labute approximate surface area is 113 Å². The van der Waals surface area contributed by atoms with Crippen LogP contribution in [-0.2, 0) is 6.54 Å². The fraction of sp³-hybridized carbons (Fsp3) is 0.667. The van der Waals surface area contributed by atoms with Gasteiger partial charge in [0.1, 0.15) is 5.02 Å². The molecule has 5 nitrogen and oxygen atoms in total. The van der Waals surface area contributed by atoms with E-state index in [9.17, 15) is 4.79 Å². The fourth-order valence-corrected chi connectivity index (χ4v) is 2.00. The summed E-state index contributed by atoms with van der Waals surface area (Å²) in [5.74, 6) is 0. The Morgan fingerprint density at radius 1 is 1.56 bits per heavy atom. The summed E-state index contributed by atoms with van der Waals surface area (Å²) >= 11 is 6.07. The van der Waals surface area contributed by atoms with Crippen molar-refractivity contribution in [3.63, 3.8) is 0 Å². The average molecular weight is 273 g/mol. The van der Waals surface area contributed by atoms with Crippen LogP contribution < -0.4 is 10.9 Å². The molecule has 0 aliphatic carbocycles. The normalized spacial score (nSPS) is 12.8. The van der Waals surface area contributed by atoms with Gasteiger partial charge in [0.2, 0.25) is 0 Å². The topological polar surface area (TPSA) is 50.2 Å². The number of rotatable bonds is 6. The van der Waals surface area contributed by atoms with Gasteiger partial charge in [0.15, 0.2) is 0 Å². The molecule has 1 rings (SSSR count). The standard InChI is InChI=1S/C12H21ClN4O/c1-5-6-17-12(18)11(13)10(7-14-17)15-9(2)8-16(3)4/h7,9,15H,5-6,8H2,1-4H3. The van der Waals surface area contributed by atoms with Crippen LogP contribution in [0.3, 0.4) is 0 Å². The zero-order valence-corrected chi connectivity index (χ0v) is 12.2. The third kappa shape index (κ3) is 3.99. The van der Waals surface area contributed by atoms with Crippen LogP contribution in [0.1, 0.15) is 20.3 Å². The molecule has 0 radical (unpaired) electrons. The van der Waals surface area contributed by atoms with Gasteiger partial charge in [-0.25, -0.2) is 4.68 Å². The van der Waals surface area contributed by atoms with E-state index in [1.54, 1.807) is 6.20 Å². The molecule has 1 unspecified atom stereocenters. The van der Waals surface area contributed by atoms with Crippen LogP contribution >= 0.6 is 11.6 Å². The van der Waals surface area contributed by atoms with Crippen LogP contribution in [-0.4, -0.2) is 41.4 Å². The van der Waals surface area contributed by atoms with E-state index >= 15 is 0 Å². The van der Waals surface area contributed by atoms with Crippen molar-refractivity contribution >= 4 is 17.3 Å². The van der Waals surface area contributed by atoms with E-state index in [0.717, 1.165) is 13.0 Å². The van der Waals surface area contributed by atoms with Crippen LogP contribution in [0.4, 0.5) is 5.69 Å². The van der Waals surface area contributed by atoms with Crippen molar-refractivity contribution in [3.8, 4) is 0 Å². The minimum Gasteiger partial charge on any atom is -0.379 e. The molecular formula is C12H21ClN4O. The molecule has 18 heavy (non-hydrogen) atoms. The Morgan fingerprint density at radius 3 is 2.78 bits per heavy atom. The molecule has 0 aliphatic heterocycles. The average Bonchev–Trinajstić information content (AvgIpc) is 2.28. The van der Waals surface area contributed by atoms with Gasteiger partial charge in [-0.05, 0) is 27.4 Å². The first kappa shape index (κ1) is 15.0. The second kappa shape index (κ2) is 6.75. The van der Waals surface area contributed by atoms with Crippen molar-refractivity contribution in [1.82, 2.24) is 14.7 Å². The van der Waals surface area contributed by atoms with Crippen molar-refractivity contribution in [1.29, 1.82) is 0 Å². The van der Waals surface area contributed by atoms with Gasteiger partial charge in [0, 0.05) is 19.1 Å². The first-order valence-electron chi connectivity index (χ1n) is 6.12. The van der Waals surface area contributed by atoms with Crippen LogP contribution in [0.2, 0.25) is 5.02 Å². The summed E-state index contributed by atoms with van der Waals surface area (Å²) in [5.41, 5.74) is 0.365. The molecule has 6 heteroatoms. The number of likely N-dealkylation sites (N-methyl/N-ethyl adjacent to an activating group) is 1. The van der Waals surface area contributed by atoms with Gasteiger partial charge >= 0.3 is 0 Å². The van der Waals surface area contributed by atoms with Gasteiger partial charge in [-0.1, -0.05) is 18.5 Å². The molecule has 0 saturated carbocycles. The lowest BCUT2D eigenvalue weighted by molar-refractivity contribution is 0.392. The monoisotopic (exact) mass is 272 g/mol. The Kier molecular flexibility index (Phi) is 5.62. The zero-order chi connectivity index (χ0) is 13.7. The minimum absolute atomic E-state index is 0.195. The molecule has 0 aliphatic rings. The highest BCUT2D eigenvalue weighted by atomic mass is 35.5. The molecule has 1 atom stereocenters. The predicted molar refractivity (Wildman–Crippen MR) is 75.4 cm³/mol. The highest BCUT2D eigenvalue weighted by Crippen LogP contribution is 2.16. The quantitative estimate of drug-likeness (QED) is 0.856. The number of nitrogens with one attached hydrogen (secondary N) is 1. The molecule has 1 heterocycles. The Bertz CT molecular complexity index is 444. The van der Waals surface area contributed by atoms with Crippen LogP contribution in [0, 0.1) is 0 Å². The first-order chi connectivity index (χ1) is 8.45. The molecule has 0 amide bonds. The third-order valence-corrected chi connectivity index (χ3v) is 2.83. The number of hydrogen-bond acceptors (Lipinski definition) is 4. The summed E-state index contributed by atoms with van der Waals surface area (Å²) < 4.78 is 1.39. The fourth-order valence-electron chi connectivity index (χ4n) is 1.80. The molecule has 0 spiro atoms. The van der Waals surface area contributed by atoms with Gasteiger partial charge < -0.3 is 10.2 Å². The molecule has 0 bridgehead atoms. The van der Waals surface area contributed by atoms with Gasteiger partial charge in [0.25, 0.3) is 5.56 Å². The number of nitrogens with zero attached hydrogens (tertiary/aromatic N) is 3. The summed E-state index contributed by atoms with van der Waals surface area (Å²) in [6.45, 7) is 5.47. The summed E-state index contributed by atoms with van der Waals surface area (Å²) in [6, 6.07) is 0.195. The van der Waals surface area contributed by atoms with Crippen molar-refractivity contribution in [2.75, 3.05) is 26.0 Å². The molecule has 102 valence electrons. The highest BCUT2D eigenvalue weighted by molar-refractivity contribution is 6.32. The van der Waals surface area contributed by atoms with Gasteiger partial charge in [-0.2, -0.15) is 5.10 Å². The van der Waals surface area contributed by atoms with E-state index in [4.69, 9.17) is 11.6 Å². The lowest BCUT2D eigenvalue weighted by atomic mass is 10.3. The van der Waals surface area contributed by atoms with E-state index in [1.165, 1.54) is 4.68 Å². The number of aryl methyl sites for hydroxylation is 1. The van der Waals surface area contributed by atoms with Crippen molar-refractivity contribution < 1.29 is 0 Å². The summed E-state index contributed by atoms with van der Waals surface area (Å²) in [7, 11) is 3.99. The van der Waals surface area contributed by atoms with Gasteiger partial charge in [-0.3, -0.25) is 4.79 Å². The number of halogens is 1. The predicted octanol–water partition coefficient (Wildman–Crippen LogP) is 1.67. The Hall–Kier alpha value is -1.07. The maximum Gasteiger partial charge on any atom is 0.287 e. The smallest absolute Gasteiger partial charge is 0.287 e. The van der Waals surface area contributed by atoms with Crippen molar-refractivity contribution in [2.45, 2.75) is 32.9 Å². The summed E-state index contributed by atoms with van der Waals surface area (Å²) in [4.78, 5) is 14.0. The number of hydrogen-bond donors (Lipinski definition) is 1. The third-order valence-electron chi connectivity index (χ3n) is 2.46. The van der Waals surface area contributed by atoms with Crippen LogP contribution in [0.5, 0.6) is 0 Å². The second-order valence-electron chi connectivity index (χ2n) is 4.71. The van der Waals surface area contributed by atoms with Crippen LogP contribution in [0.25, 0.3) is 0 Å². The lowest BCUT2D eigenvalue weighted by Gasteiger charge is -2.19. The van der Waals surface area contributed by atoms with E-state index in [1.807, 2.05) is 27.9 Å². The summed E-state index contributed by atoms with van der Waals surface area (Å²) in [5, 5.41) is 7.52. The minimum atomic E-state index is -0.236.